The zero-order valence-electron chi connectivity index (χ0n) is 29.4. The van der Waals surface area contributed by atoms with E-state index in [4.69, 9.17) is 43.2 Å². The molecule has 6 aromatic rings. The number of hydrogen-bond acceptors (Lipinski definition) is 4. The van der Waals surface area contributed by atoms with E-state index in [1.807, 2.05) is 48.5 Å². The summed E-state index contributed by atoms with van der Waals surface area (Å²) in [5, 5.41) is 1.00. The van der Waals surface area contributed by atoms with Gasteiger partial charge in [0.2, 0.25) is 11.3 Å². The predicted octanol–water partition coefficient (Wildman–Crippen LogP) is 11.2. The minimum absolute atomic E-state index is 0.502. The van der Waals surface area contributed by atoms with Crippen LogP contribution in [-0.2, 0) is 11.3 Å². The van der Waals surface area contributed by atoms with E-state index in [0.717, 1.165) is 67.4 Å². The molecule has 0 radical (unpaired) electrons. The van der Waals surface area contributed by atoms with Crippen molar-refractivity contribution in [2.75, 3.05) is 0 Å². The fourth-order valence-electron chi connectivity index (χ4n) is 7.30. The third-order valence-electron chi connectivity index (χ3n) is 9.69. The summed E-state index contributed by atoms with van der Waals surface area (Å²) >= 11 is 14.6. The number of hydrogen-bond donors (Lipinski definition) is 0. The van der Waals surface area contributed by atoms with E-state index >= 15 is 0 Å². The molecule has 0 aromatic heterocycles. The molecule has 0 fully saturated rings. The number of aliphatic imine (C=N–C) groups is 4. The zero-order chi connectivity index (χ0) is 36.0. The lowest BCUT2D eigenvalue weighted by Gasteiger charge is -2.39. The Balaban J connectivity index is 1.57. The van der Waals surface area contributed by atoms with Crippen molar-refractivity contribution >= 4 is 46.0 Å². The molecular weight excluding hydrogens is 679 g/mol. The maximum Gasteiger partial charge on any atom is 0.227 e. The van der Waals surface area contributed by atoms with Gasteiger partial charge in [-0.3, -0.25) is 0 Å². The van der Waals surface area contributed by atoms with Gasteiger partial charge in [-0.05, 0) is 64.1 Å². The summed E-state index contributed by atoms with van der Waals surface area (Å²) in [4.78, 5) is 23.1. The van der Waals surface area contributed by atoms with Gasteiger partial charge < -0.3 is 0 Å². The first-order chi connectivity index (χ1) is 25.2. The lowest BCUT2D eigenvalue weighted by molar-refractivity contribution is 0.257. The molecule has 2 heterocycles. The molecule has 254 valence electrons. The summed E-state index contributed by atoms with van der Waals surface area (Å²) in [7, 11) is 0. The van der Waals surface area contributed by atoms with Gasteiger partial charge in [-0.2, -0.15) is 0 Å². The van der Waals surface area contributed by atoms with E-state index in [2.05, 4.69) is 125 Å². The van der Waals surface area contributed by atoms with Gasteiger partial charge >= 0.3 is 0 Å². The Morgan fingerprint density at radius 1 is 0.346 bits per heavy atom. The number of rotatable bonds is 7. The largest absolute Gasteiger partial charge is 0.243 e. The van der Waals surface area contributed by atoms with Gasteiger partial charge in [-0.1, -0.05) is 155 Å². The first kappa shape index (κ1) is 33.7. The minimum atomic E-state index is -1.52. The Morgan fingerprint density at radius 3 is 0.865 bits per heavy atom. The maximum absolute atomic E-state index is 7.28. The van der Waals surface area contributed by atoms with E-state index < -0.39 is 11.3 Å². The molecule has 0 saturated heterocycles. The highest BCUT2D eigenvalue weighted by Gasteiger charge is 2.61. The van der Waals surface area contributed by atoms with Crippen LogP contribution in [0.15, 0.2) is 166 Å². The Hall–Kier alpha value is -5.42. The van der Waals surface area contributed by atoms with E-state index in [9.17, 15) is 0 Å². The van der Waals surface area contributed by atoms with Gasteiger partial charge in [-0.15, -0.1) is 0 Å². The Kier molecular flexibility index (Phi) is 8.61. The molecule has 0 spiro atoms. The van der Waals surface area contributed by atoms with E-state index in [1.165, 1.54) is 0 Å². The summed E-state index contributed by atoms with van der Waals surface area (Å²) in [5.74, 6) is 0. The third-order valence-corrected chi connectivity index (χ3v) is 10.4. The molecule has 0 unspecified atom stereocenters. The Bertz CT molecular complexity index is 2210. The Labute approximate surface area is 315 Å². The van der Waals surface area contributed by atoms with Crippen LogP contribution in [0.5, 0.6) is 0 Å². The van der Waals surface area contributed by atoms with E-state index in [0.29, 0.717) is 21.2 Å². The molecule has 2 aliphatic rings. The van der Waals surface area contributed by atoms with Gasteiger partial charge in [0, 0.05) is 43.4 Å². The highest BCUT2D eigenvalue weighted by molar-refractivity contribution is 6.56. The fourth-order valence-corrected chi connectivity index (χ4v) is 7.83. The molecule has 0 amide bonds. The molecule has 52 heavy (non-hydrogen) atoms. The molecule has 0 N–H and O–H groups in total. The van der Waals surface area contributed by atoms with Crippen molar-refractivity contribution in [2.45, 2.75) is 39.0 Å². The molecule has 2 aliphatic heterocycles. The summed E-state index contributed by atoms with van der Waals surface area (Å²) < 4.78 is 0. The minimum Gasteiger partial charge on any atom is -0.243 e. The van der Waals surface area contributed by atoms with Crippen LogP contribution in [0.3, 0.4) is 0 Å². The molecular formula is C46H36Cl2N4. The highest BCUT2D eigenvalue weighted by atomic mass is 35.5. The maximum atomic E-state index is 7.28. The fraction of sp³-hybridized carbons (Fsp3) is 0.130. The van der Waals surface area contributed by atoms with E-state index in [1.54, 1.807) is 0 Å². The van der Waals surface area contributed by atoms with Crippen molar-refractivity contribution in [1.29, 1.82) is 0 Å². The van der Waals surface area contributed by atoms with E-state index in [-0.39, 0.29) is 0 Å². The van der Waals surface area contributed by atoms with Crippen LogP contribution < -0.4 is 0 Å². The van der Waals surface area contributed by atoms with Crippen LogP contribution >= 0.6 is 23.2 Å². The molecule has 6 aromatic carbocycles. The smallest absolute Gasteiger partial charge is 0.227 e. The van der Waals surface area contributed by atoms with Gasteiger partial charge in [0.1, 0.15) is 0 Å². The predicted molar refractivity (Wildman–Crippen MR) is 217 cm³/mol. The highest BCUT2D eigenvalue weighted by Crippen LogP contribution is 2.57. The summed E-state index contributed by atoms with van der Waals surface area (Å²) in [6.07, 6.45) is 0. The second-order valence-corrected chi connectivity index (χ2v) is 14.4. The van der Waals surface area contributed by atoms with Crippen molar-refractivity contribution in [1.82, 2.24) is 0 Å². The summed E-state index contributed by atoms with van der Waals surface area (Å²) in [6.45, 7) is 8.34. The lowest BCUT2D eigenvalue weighted by atomic mass is 9.82. The molecule has 6 heteroatoms. The normalized spacial score (nSPS) is 15.9. The van der Waals surface area contributed by atoms with Crippen LogP contribution in [0.4, 0.5) is 0 Å². The SMILES string of the molecule is Cc1cccc(C2=NC(c3ccccc3Cl)(C3(c4ccccc4Cl)N=C(c4cccc(C)c4)C(c4cccc(C)c4)=N3)N=C2c2cccc(C)c2)c1. The number of nitrogens with zero attached hydrogens (tertiary/aromatic N) is 4. The molecule has 8 rings (SSSR count). The third kappa shape index (κ3) is 5.73. The quantitative estimate of drug-likeness (QED) is 0.158. The second kappa shape index (κ2) is 13.3. The van der Waals surface area contributed by atoms with Gasteiger partial charge in [0.05, 0.1) is 22.8 Å². The van der Waals surface area contributed by atoms with Gasteiger partial charge in [-0.25, -0.2) is 20.0 Å². The zero-order valence-corrected chi connectivity index (χ0v) is 30.9. The van der Waals surface area contributed by atoms with Crippen LogP contribution in [0.1, 0.15) is 55.6 Å². The van der Waals surface area contributed by atoms with Crippen molar-refractivity contribution in [2.24, 2.45) is 20.0 Å². The molecule has 0 atom stereocenters. The summed E-state index contributed by atoms with van der Waals surface area (Å²) in [5.41, 5.74) is 9.42. The summed E-state index contributed by atoms with van der Waals surface area (Å²) in [6, 6.07) is 49.0. The second-order valence-electron chi connectivity index (χ2n) is 13.6. The molecule has 0 bridgehead atoms. The van der Waals surface area contributed by atoms with Gasteiger partial charge in [0.25, 0.3) is 0 Å². The van der Waals surface area contributed by atoms with Gasteiger partial charge in [0.15, 0.2) is 0 Å². The Morgan fingerprint density at radius 2 is 0.615 bits per heavy atom. The number of halogens is 2. The van der Waals surface area contributed by atoms with Crippen molar-refractivity contribution < 1.29 is 0 Å². The van der Waals surface area contributed by atoms with Crippen LogP contribution in [-0.4, -0.2) is 22.8 Å². The first-order valence-corrected chi connectivity index (χ1v) is 18.1. The van der Waals surface area contributed by atoms with Crippen molar-refractivity contribution in [3.05, 3.63) is 211 Å². The average Bonchev–Trinajstić information content (AvgIpc) is 3.75. The first-order valence-electron chi connectivity index (χ1n) is 17.4. The van der Waals surface area contributed by atoms with Crippen LogP contribution in [0.25, 0.3) is 0 Å². The standard InChI is InChI=1S/C46H36Cl2N4/c1-29-13-9-17-33(25-29)41-42(34-18-10-14-30(2)26-34)50-45(49-41,37-21-5-7-23-39(37)47)46(38-22-6-8-24-40(38)48)51-43(35-19-11-15-31(3)27-35)44(52-46)36-20-12-16-32(4)28-36/h5-28H,1-4H3. The van der Waals surface area contributed by atoms with Crippen LogP contribution in [0, 0.1) is 27.7 Å². The number of benzene rings is 6. The van der Waals surface area contributed by atoms with Crippen molar-refractivity contribution in [3.63, 3.8) is 0 Å². The van der Waals surface area contributed by atoms with Crippen molar-refractivity contribution in [3.8, 4) is 0 Å². The van der Waals surface area contributed by atoms with Crippen LogP contribution in [0.2, 0.25) is 10.0 Å². The monoisotopic (exact) mass is 714 g/mol. The topological polar surface area (TPSA) is 49.4 Å². The lowest BCUT2D eigenvalue weighted by Crippen LogP contribution is -2.43. The number of aryl methyl sites for hydroxylation is 4. The average molecular weight is 716 g/mol. The molecule has 4 nitrogen and oxygen atoms in total. The molecule has 0 aliphatic carbocycles. The molecule has 0 saturated carbocycles.